The minimum absolute atomic E-state index is 0.277. The lowest BCUT2D eigenvalue weighted by molar-refractivity contribution is -0.143. The maximum absolute atomic E-state index is 13.7. The van der Waals surface area contributed by atoms with Crippen LogP contribution in [0.3, 0.4) is 0 Å². The second kappa shape index (κ2) is 11.4. The number of hydrogen-bond acceptors (Lipinski definition) is 6. The van der Waals surface area contributed by atoms with E-state index in [1.807, 2.05) is 41.5 Å². The van der Waals surface area contributed by atoms with Crippen LogP contribution in [0.1, 0.15) is 88.0 Å². The number of nitrogens with zero attached hydrogens (tertiary/aromatic N) is 1. The molecule has 0 radical (unpaired) electrons. The van der Waals surface area contributed by atoms with Crippen molar-refractivity contribution in [1.82, 2.24) is 15.5 Å². The number of nitrogens with one attached hydrogen (secondary N) is 2. The number of carbonyl (C=O) groups excluding carboxylic acids is 5. The first-order valence-corrected chi connectivity index (χ1v) is 12.2. The molecule has 1 aliphatic heterocycles. The zero-order valence-corrected chi connectivity index (χ0v) is 22.7. The monoisotopic (exact) mass is 496 g/mol. The summed E-state index contributed by atoms with van der Waals surface area (Å²) < 4.78 is 5.35. The van der Waals surface area contributed by atoms with Crippen LogP contribution in [0.5, 0.6) is 0 Å². The van der Waals surface area contributed by atoms with E-state index in [0.717, 1.165) is 6.42 Å². The smallest absolute Gasteiger partial charge is 0.408 e. The molecule has 1 rings (SSSR count). The molecule has 0 aromatic heterocycles. The second-order valence-electron chi connectivity index (χ2n) is 12.2. The fourth-order valence-electron chi connectivity index (χ4n) is 4.09. The van der Waals surface area contributed by atoms with Crippen molar-refractivity contribution in [3.63, 3.8) is 0 Å². The van der Waals surface area contributed by atoms with Crippen LogP contribution < -0.4 is 16.4 Å². The Hall–Kier alpha value is -2.65. The van der Waals surface area contributed by atoms with Crippen molar-refractivity contribution in [3.8, 4) is 0 Å². The minimum atomic E-state index is -1.11. The van der Waals surface area contributed by atoms with Gasteiger partial charge in [-0.1, -0.05) is 54.4 Å². The molecule has 0 bridgehead atoms. The van der Waals surface area contributed by atoms with E-state index in [0.29, 0.717) is 12.8 Å². The summed E-state index contributed by atoms with van der Waals surface area (Å²) >= 11 is 0. The molecule has 35 heavy (non-hydrogen) atoms. The van der Waals surface area contributed by atoms with Gasteiger partial charge in [0, 0.05) is 6.54 Å². The number of carbonyl (C=O) groups is 5. The molecule has 4 N–H and O–H groups in total. The first kappa shape index (κ1) is 30.4. The molecule has 10 nitrogen and oxygen atoms in total. The van der Waals surface area contributed by atoms with Crippen molar-refractivity contribution in [1.29, 1.82) is 0 Å². The number of nitrogens with two attached hydrogens (primary N) is 1. The summed E-state index contributed by atoms with van der Waals surface area (Å²) in [4.78, 5) is 64.8. The topological polar surface area (TPSA) is 148 Å². The number of ketones is 1. The third kappa shape index (κ3) is 9.14. The van der Waals surface area contributed by atoms with E-state index in [9.17, 15) is 24.0 Å². The van der Waals surface area contributed by atoms with Crippen molar-refractivity contribution in [2.75, 3.05) is 6.54 Å². The maximum atomic E-state index is 13.7. The summed E-state index contributed by atoms with van der Waals surface area (Å²) in [7, 11) is 0. The fourth-order valence-corrected chi connectivity index (χ4v) is 4.09. The Morgan fingerprint density at radius 2 is 1.63 bits per heavy atom. The predicted molar refractivity (Wildman–Crippen MR) is 132 cm³/mol. The highest BCUT2D eigenvalue weighted by molar-refractivity contribution is 6.37. The molecule has 0 aromatic rings. The van der Waals surface area contributed by atoms with E-state index in [1.54, 1.807) is 20.8 Å². The van der Waals surface area contributed by atoms with Gasteiger partial charge in [0.25, 0.3) is 5.91 Å². The normalized spacial score (nSPS) is 19.5. The molecule has 0 aromatic carbocycles. The summed E-state index contributed by atoms with van der Waals surface area (Å²) in [6, 6.07) is -2.86. The Morgan fingerprint density at radius 1 is 1.06 bits per heavy atom. The summed E-state index contributed by atoms with van der Waals surface area (Å²) in [5, 5.41) is 5.33. The summed E-state index contributed by atoms with van der Waals surface area (Å²) in [5.74, 6) is -2.91. The number of rotatable bonds is 9. The van der Waals surface area contributed by atoms with E-state index in [1.165, 1.54) is 4.90 Å². The van der Waals surface area contributed by atoms with Crippen LogP contribution in [0.25, 0.3) is 0 Å². The van der Waals surface area contributed by atoms with Gasteiger partial charge in [0.15, 0.2) is 0 Å². The average Bonchev–Trinajstić information content (AvgIpc) is 3.01. The lowest BCUT2D eigenvalue weighted by Gasteiger charge is -2.36. The SMILES string of the molecule is CCCCC(NC(=O)C1CC(C)(C)CN1C(=O)[C@@H](NC(=O)OC(C)(C)C)C(C)(C)C)C(=O)C(N)=O. The van der Waals surface area contributed by atoms with Crippen LogP contribution in [-0.4, -0.2) is 64.8 Å². The van der Waals surface area contributed by atoms with Crippen LogP contribution in [0.4, 0.5) is 4.79 Å². The van der Waals surface area contributed by atoms with E-state index in [4.69, 9.17) is 10.5 Å². The van der Waals surface area contributed by atoms with Crippen LogP contribution in [0.2, 0.25) is 0 Å². The van der Waals surface area contributed by atoms with Gasteiger partial charge in [0.05, 0.1) is 6.04 Å². The Morgan fingerprint density at radius 3 is 2.09 bits per heavy atom. The fraction of sp³-hybridized carbons (Fsp3) is 0.800. The summed E-state index contributed by atoms with van der Waals surface area (Å²) in [6.07, 6.45) is 1.30. The van der Waals surface area contributed by atoms with Crippen LogP contribution in [0, 0.1) is 10.8 Å². The van der Waals surface area contributed by atoms with Gasteiger partial charge in [-0.25, -0.2) is 4.79 Å². The highest BCUT2D eigenvalue weighted by Crippen LogP contribution is 2.36. The van der Waals surface area contributed by atoms with Gasteiger partial charge in [0.2, 0.25) is 17.6 Å². The van der Waals surface area contributed by atoms with Crippen molar-refractivity contribution < 1.29 is 28.7 Å². The Bertz CT molecular complexity index is 825. The summed E-state index contributed by atoms with van der Waals surface area (Å²) in [6.45, 7) is 16.7. The van der Waals surface area contributed by atoms with Crippen LogP contribution >= 0.6 is 0 Å². The summed E-state index contributed by atoms with van der Waals surface area (Å²) in [5.41, 5.74) is 3.39. The van der Waals surface area contributed by atoms with Gasteiger partial charge in [0.1, 0.15) is 17.7 Å². The zero-order chi connectivity index (χ0) is 27.4. The molecule has 10 heteroatoms. The number of ether oxygens (including phenoxy) is 1. The van der Waals surface area contributed by atoms with Crippen molar-refractivity contribution in [2.45, 2.75) is 112 Å². The molecule has 1 fully saturated rings. The first-order valence-electron chi connectivity index (χ1n) is 12.2. The number of primary amides is 1. The Balaban J connectivity index is 3.21. The van der Waals surface area contributed by atoms with Gasteiger partial charge < -0.3 is 26.0 Å². The Kier molecular flexibility index (Phi) is 9.89. The first-order chi connectivity index (χ1) is 15.8. The molecular formula is C25H44N4O6. The molecule has 3 atom stereocenters. The Labute approximate surface area is 209 Å². The van der Waals surface area contributed by atoms with Crippen LogP contribution in [-0.2, 0) is 23.9 Å². The molecule has 0 aliphatic carbocycles. The van der Waals surface area contributed by atoms with Crippen molar-refractivity contribution >= 4 is 29.6 Å². The van der Waals surface area contributed by atoms with E-state index >= 15 is 0 Å². The molecule has 4 amide bonds. The number of unbranched alkanes of at least 4 members (excludes halogenated alkanes) is 1. The molecule has 0 saturated carbocycles. The van der Waals surface area contributed by atoms with Gasteiger partial charge >= 0.3 is 6.09 Å². The third-order valence-electron chi connectivity index (χ3n) is 5.80. The average molecular weight is 497 g/mol. The standard InChI is InChI=1S/C25H44N4O6/c1-10-11-12-15(17(30)19(26)31)27-20(32)16-13-25(8,9)14-29(16)21(33)18(23(2,3)4)28-22(34)35-24(5,6)7/h15-16,18H,10-14H2,1-9H3,(H2,26,31)(H,27,32)(H,28,34)/t15?,16?,18-/m1/s1. The second-order valence-corrected chi connectivity index (χ2v) is 12.2. The number of alkyl carbamates (subject to hydrolysis) is 1. The van der Waals surface area contributed by atoms with Crippen molar-refractivity contribution in [2.24, 2.45) is 16.6 Å². The van der Waals surface area contributed by atoms with Crippen molar-refractivity contribution in [3.05, 3.63) is 0 Å². The largest absolute Gasteiger partial charge is 0.444 e. The quantitative estimate of drug-likeness (QED) is 0.417. The highest BCUT2D eigenvalue weighted by Gasteiger charge is 2.48. The number of Topliss-reactive ketones (excluding diaryl/α,β-unsaturated/α-hetero) is 1. The lowest BCUT2D eigenvalue weighted by atomic mass is 9.85. The number of amides is 4. The molecule has 1 aliphatic rings. The van der Waals surface area contributed by atoms with E-state index in [-0.39, 0.29) is 18.4 Å². The zero-order valence-electron chi connectivity index (χ0n) is 22.7. The lowest BCUT2D eigenvalue weighted by Crippen LogP contribution is -2.59. The predicted octanol–water partition coefficient (Wildman–Crippen LogP) is 2.28. The molecule has 1 heterocycles. The minimum Gasteiger partial charge on any atom is -0.444 e. The molecule has 1 saturated heterocycles. The van der Waals surface area contributed by atoms with Gasteiger partial charge in [-0.15, -0.1) is 0 Å². The van der Waals surface area contributed by atoms with Gasteiger partial charge in [-0.05, 0) is 44.4 Å². The van der Waals surface area contributed by atoms with Gasteiger partial charge in [-0.3, -0.25) is 19.2 Å². The van der Waals surface area contributed by atoms with Gasteiger partial charge in [-0.2, -0.15) is 0 Å². The maximum Gasteiger partial charge on any atom is 0.408 e. The number of hydrogen-bond donors (Lipinski definition) is 3. The van der Waals surface area contributed by atoms with Crippen LogP contribution in [0.15, 0.2) is 0 Å². The molecule has 0 spiro atoms. The van der Waals surface area contributed by atoms with E-state index < -0.39 is 58.7 Å². The highest BCUT2D eigenvalue weighted by atomic mass is 16.6. The van der Waals surface area contributed by atoms with E-state index in [2.05, 4.69) is 10.6 Å². The number of likely N-dealkylation sites (tertiary alicyclic amines) is 1. The molecule has 2 unspecified atom stereocenters. The molecule has 200 valence electrons. The third-order valence-corrected chi connectivity index (χ3v) is 5.80. The molecular weight excluding hydrogens is 452 g/mol.